The van der Waals surface area contributed by atoms with E-state index in [2.05, 4.69) is 10.3 Å². The van der Waals surface area contributed by atoms with E-state index in [0.29, 0.717) is 24.1 Å². The maximum atomic E-state index is 12.6. The van der Waals surface area contributed by atoms with Crippen LogP contribution in [0.2, 0.25) is 0 Å². The van der Waals surface area contributed by atoms with E-state index in [-0.39, 0.29) is 23.9 Å². The molecule has 0 spiro atoms. The molecule has 0 aliphatic carbocycles. The number of hydrogen-bond donors (Lipinski definition) is 1. The van der Waals surface area contributed by atoms with Crippen molar-refractivity contribution in [3.8, 4) is 5.75 Å². The number of carbonyl (C=O) groups excluding carboxylic acids is 1. The van der Waals surface area contributed by atoms with Crippen molar-refractivity contribution in [3.63, 3.8) is 0 Å². The Morgan fingerprint density at radius 1 is 1.26 bits per heavy atom. The van der Waals surface area contributed by atoms with Gasteiger partial charge in [-0.05, 0) is 36.6 Å². The summed E-state index contributed by atoms with van der Waals surface area (Å²) in [4.78, 5) is 29.2. The molecule has 1 N–H and O–H groups in total. The number of carbonyl (C=O) groups is 1. The molecule has 4 rings (SSSR count). The van der Waals surface area contributed by atoms with Crippen molar-refractivity contribution in [1.82, 2.24) is 14.9 Å². The van der Waals surface area contributed by atoms with Gasteiger partial charge in [0.1, 0.15) is 12.3 Å². The van der Waals surface area contributed by atoms with Gasteiger partial charge in [-0.15, -0.1) is 0 Å². The Morgan fingerprint density at radius 2 is 2.11 bits per heavy atom. The quantitative estimate of drug-likeness (QED) is 0.770. The molecule has 0 fully saturated rings. The highest BCUT2D eigenvalue weighted by Crippen LogP contribution is 2.26. The molecule has 0 radical (unpaired) electrons. The fourth-order valence-corrected chi connectivity index (χ4v) is 3.44. The smallest absolute Gasteiger partial charge is 0.261 e. The SMILES string of the molecule is Cc1cccc2c(=O)n(CC(=O)NCC3COc4ccccc4C3)cnc12. The molecule has 1 atom stereocenters. The Labute approximate surface area is 156 Å². The first-order chi connectivity index (χ1) is 13.1. The van der Waals surface area contributed by atoms with E-state index in [1.807, 2.05) is 43.3 Å². The highest BCUT2D eigenvalue weighted by Gasteiger charge is 2.20. The van der Waals surface area contributed by atoms with Crippen LogP contribution in [0, 0.1) is 12.8 Å². The molecule has 27 heavy (non-hydrogen) atoms. The molecule has 0 saturated heterocycles. The summed E-state index contributed by atoms with van der Waals surface area (Å²) < 4.78 is 7.10. The summed E-state index contributed by atoms with van der Waals surface area (Å²) in [5.74, 6) is 0.937. The Balaban J connectivity index is 1.40. The molecule has 2 heterocycles. The van der Waals surface area contributed by atoms with E-state index >= 15 is 0 Å². The molecule has 6 nitrogen and oxygen atoms in total. The molecule has 3 aromatic rings. The minimum absolute atomic E-state index is 0.0418. The molecule has 1 aliphatic heterocycles. The molecule has 1 aromatic heterocycles. The Kier molecular flexibility index (Phi) is 4.62. The summed E-state index contributed by atoms with van der Waals surface area (Å²) in [6, 6.07) is 13.4. The van der Waals surface area contributed by atoms with Crippen LogP contribution in [-0.4, -0.2) is 28.6 Å². The lowest BCUT2D eigenvalue weighted by molar-refractivity contribution is -0.122. The topological polar surface area (TPSA) is 73.2 Å². The molecule has 1 amide bonds. The Bertz CT molecular complexity index is 1060. The molecule has 0 bridgehead atoms. The highest BCUT2D eigenvalue weighted by atomic mass is 16.5. The maximum Gasteiger partial charge on any atom is 0.261 e. The number of aryl methyl sites for hydroxylation is 1. The second kappa shape index (κ2) is 7.23. The number of benzene rings is 2. The molecular weight excluding hydrogens is 342 g/mol. The number of ether oxygens (including phenoxy) is 1. The third-order valence-corrected chi connectivity index (χ3v) is 4.91. The van der Waals surface area contributed by atoms with Gasteiger partial charge in [-0.3, -0.25) is 14.2 Å². The first kappa shape index (κ1) is 17.3. The Morgan fingerprint density at radius 3 is 3.00 bits per heavy atom. The van der Waals surface area contributed by atoms with E-state index in [4.69, 9.17) is 4.74 Å². The lowest BCUT2D eigenvalue weighted by Crippen LogP contribution is -2.38. The van der Waals surface area contributed by atoms with Gasteiger partial charge in [0.25, 0.3) is 5.56 Å². The van der Waals surface area contributed by atoms with E-state index < -0.39 is 0 Å². The fourth-order valence-electron chi connectivity index (χ4n) is 3.44. The fraction of sp³-hybridized carbons (Fsp3) is 0.286. The number of hydrogen-bond acceptors (Lipinski definition) is 4. The van der Waals surface area contributed by atoms with E-state index in [1.54, 1.807) is 6.07 Å². The van der Waals surface area contributed by atoms with Crippen LogP contribution in [0.15, 0.2) is 53.6 Å². The van der Waals surface area contributed by atoms with Gasteiger partial charge in [0.15, 0.2) is 0 Å². The summed E-state index contributed by atoms with van der Waals surface area (Å²) in [5.41, 5.74) is 2.58. The second-order valence-electron chi connectivity index (χ2n) is 6.94. The van der Waals surface area contributed by atoms with Crippen molar-refractivity contribution in [1.29, 1.82) is 0 Å². The normalized spacial score (nSPS) is 15.8. The van der Waals surface area contributed by atoms with E-state index in [0.717, 1.165) is 23.3 Å². The first-order valence-corrected chi connectivity index (χ1v) is 9.04. The summed E-state index contributed by atoms with van der Waals surface area (Å²) in [7, 11) is 0. The van der Waals surface area contributed by atoms with Crippen LogP contribution in [0.4, 0.5) is 0 Å². The van der Waals surface area contributed by atoms with Crippen LogP contribution >= 0.6 is 0 Å². The summed E-state index contributed by atoms with van der Waals surface area (Å²) in [6.07, 6.45) is 2.31. The number of para-hydroxylation sites is 2. The van der Waals surface area contributed by atoms with Gasteiger partial charge in [0.2, 0.25) is 5.91 Å². The highest BCUT2D eigenvalue weighted by molar-refractivity contribution is 5.81. The van der Waals surface area contributed by atoms with Crippen molar-refractivity contribution in [2.45, 2.75) is 19.9 Å². The van der Waals surface area contributed by atoms with E-state index in [1.165, 1.54) is 10.9 Å². The van der Waals surface area contributed by atoms with Crippen LogP contribution in [0.5, 0.6) is 5.75 Å². The van der Waals surface area contributed by atoms with Crippen LogP contribution in [0.25, 0.3) is 10.9 Å². The summed E-state index contributed by atoms with van der Waals surface area (Å²) in [6.45, 7) is 2.96. The zero-order valence-corrected chi connectivity index (χ0v) is 15.1. The van der Waals surface area contributed by atoms with Crippen LogP contribution in [0.3, 0.4) is 0 Å². The average Bonchev–Trinajstić information content (AvgIpc) is 2.69. The molecule has 2 aromatic carbocycles. The Hall–Kier alpha value is -3.15. The van der Waals surface area contributed by atoms with Crippen LogP contribution in [0.1, 0.15) is 11.1 Å². The molecule has 0 saturated carbocycles. The van der Waals surface area contributed by atoms with Crippen molar-refractivity contribution in [2.75, 3.05) is 13.2 Å². The van der Waals surface area contributed by atoms with Gasteiger partial charge in [-0.1, -0.05) is 30.3 Å². The summed E-state index contributed by atoms with van der Waals surface area (Å²) >= 11 is 0. The molecular formula is C21H21N3O3. The molecule has 6 heteroatoms. The molecule has 1 aliphatic rings. The number of fused-ring (bicyclic) bond motifs is 2. The third-order valence-electron chi connectivity index (χ3n) is 4.91. The minimum Gasteiger partial charge on any atom is -0.493 e. The van der Waals surface area contributed by atoms with Gasteiger partial charge in [0.05, 0.1) is 23.8 Å². The standard InChI is InChI=1S/C21H21N3O3/c1-14-5-4-7-17-20(14)23-13-24(21(17)26)11-19(25)22-10-15-9-16-6-2-3-8-18(16)27-12-15/h2-8,13,15H,9-12H2,1H3,(H,22,25). The third kappa shape index (κ3) is 3.56. The lowest BCUT2D eigenvalue weighted by atomic mass is 9.97. The van der Waals surface area contributed by atoms with Crippen molar-refractivity contribution in [3.05, 3.63) is 70.3 Å². The average molecular weight is 363 g/mol. The predicted octanol–water partition coefficient (Wildman–Crippen LogP) is 2.07. The van der Waals surface area contributed by atoms with Crippen molar-refractivity contribution in [2.24, 2.45) is 5.92 Å². The molecule has 138 valence electrons. The van der Waals surface area contributed by atoms with Crippen LogP contribution in [-0.2, 0) is 17.8 Å². The van der Waals surface area contributed by atoms with Gasteiger partial charge in [0, 0.05) is 12.5 Å². The van der Waals surface area contributed by atoms with Crippen molar-refractivity contribution >= 4 is 16.8 Å². The monoisotopic (exact) mass is 363 g/mol. The number of aromatic nitrogens is 2. The minimum atomic E-state index is -0.204. The zero-order valence-electron chi connectivity index (χ0n) is 15.1. The number of nitrogens with one attached hydrogen (secondary N) is 1. The van der Waals surface area contributed by atoms with Crippen molar-refractivity contribution < 1.29 is 9.53 Å². The lowest BCUT2D eigenvalue weighted by Gasteiger charge is -2.25. The second-order valence-corrected chi connectivity index (χ2v) is 6.94. The van der Waals surface area contributed by atoms with Gasteiger partial charge < -0.3 is 10.1 Å². The summed E-state index contributed by atoms with van der Waals surface area (Å²) in [5, 5.41) is 3.44. The number of rotatable bonds is 4. The number of amides is 1. The van der Waals surface area contributed by atoms with Crippen LogP contribution < -0.4 is 15.6 Å². The zero-order chi connectivity index (χ0) is 18.8. The van der Waals surface area contributed by atoms with E-state index in [9.17, 15) is 9.59 Å². The molecule has 1 unspecified atom stereocenters. The predicted molar refractivity (Wildman–Crippen MR) is 103 cm³/mol. The van der Waals surface area contributed by atoms with Gasteiger partial charge in [-0.2, -0.15) is 0 Å². The van der Waals surface area contributed by atoms with Gasteiger partial charge in [-0.25, -0.2) is 4.98 Å². The number of nitrogens with zero attached hydrogens (tertiary/aromatic N) is 2. The first-order valence-electron chi connectivity index (χ1n) is 9.04. The largest absolute Gasteiger partial charge is 0.493 e. The maximum absolute atomic E-state index is 12.6. The van der Waals surface area contributed by atoms with Gasteiger partial charge >= 0.3 is 0 Å².